The molecule has 0 saturated carbocycles. The van der Waals surface area contributed by atoms with Crippen molar-refractivity contribution in [2.75, 3.05) is 0 Å². The van der Waals surface area contributed by atoms with Gasteiger partial charge >= 0.3 is 5.97 Å². The van der Waals surface area contributed by atoms with Gasteiger partial charge in [-0.15, -0.1) is 0 Å². The van der Waals surface area contributed by atoms with E-state index in [0.29, 0.717) is 11.5 Å². The number of nitrogens with one attached hydrogen (secondary N) is 1. The number of benzene rings is 1. The molecule has 2 rings (SSSR count). The number of nitrogens with zero attached hydrogens (tertiary/aromatic N) is 1. The molecule has 0 bridgehead atoms. The maximum absolute atomic E-state index is 11.9. The van der Waals surface area contributed by atoms with Crippen molar-refractivity contribution in [1.29, 1.82) is 0 Å². The lowest BCUT2D eigenvalue weighted by atomic mass is 10.1. The molecule has 0 aliphatic heterocycles. The molecule has 6 heteroatoms. The van der Waals surface area contributed by atoms with Crippen LogP contribution < -0.4 is 10.3 Å². The Labute approximate surface area is 127 Å². The van der Waals surface area contributed by atoms with Crippen LogP contribution in [-0.4, -0.2) is 21.0 Å². The van der Waals surface area contributed by atoms with Gasteiger partial charge in [0.2, 0.25) is 0 Å². The molecule has 1 aromatic carbocycles. The second kappa shape index (κ2) is 6.43. The number of aliphatic carboxylic acids is 1. The van der Waals surface area contributed by atoms with Gasteiger partial charge in [-0.3, -0.25) is 9.59 Å². The molecule has 0 unspecified atom stereocenters. The predicted molar refractivity (Wildman–Crippen MR) is 81.2 cm³/mol. The average molecular weight is 302 g/mol. The molecule has 2 N–H and O–H groups in total. The van der Waals surface area contributed by atoms with Gasteiger partial charge in [0.15, 0.2) is 0 Å². The fourth-order valence-corrected chi connectivity index (χ4v) is 2.12. The minimum absolute atomic E-state index is 0.119. The SMILES string of the molecule is Cc1cccc(OCc2nc(C)c(CC(=O)O)c(=O)[nH]2)c1C. The summed E-state index contributed by atoms with van der Waals surface area (Å²) in [6.45, 7) is 5.69. The van der Waals surface area contributed by atoms with E-state index in [9.17, 15) is 9.59 Å². The summed E-state index contributed by atoms with van der Waals surface area (Å²) in [5.41, 5.74) is 2.29. The van der Waals surface area contributed by atoms with E-state index in [2.05, 4.69) is 9.97 Å². The highest BCUT2D eigenvalue weighted by Crippen LogP contribution is 2.21. The average Bonchev–Trinajstić information content (AvgIpc) is 2.44. The third kappa shape index (κ3) is 3.52. The molecule has 6 nitrogen and oxygen atoms in total. The van der Waals surface area contributed by atoms with E-state index in [0.717, 1.165) is 16.9 Å². The number of carbonyl (C=O) groups is 1. The molecule has 1 heterocycles. The molecule has 0 amide bonds. The van der Waals surface area contributed by atoms with E-state index in [1.54, 1.807) is 6.92 Å². The highest BCUT2D eigenvalue weighted by atomic mass is 16.5. The smallest absolute Gasteiger partial charge is 0.308 e. The van der Waals surface area contributed by atoms with Crippen LogP contribution in [0.2, 0.25) is 0 Å². The van der Waals surface area contributed by atoms with Crippen molar-refractivity contribution in [3.8, 4) is 5.75 Å². The predicted octanol–water partition coefficient (Wildman–Crippen LogP) is 1.90. The zero-order valence-corrected chi connectivity index (χ0v) is 12.8. The van der Waals surface area contributed by atoms with E-state index >= 15 is 0 Å². The highest BCUT2D eigenvalue weighted by Gasteiger charge is 2.12. The minimum atomic E-state index is -1.06. The van der Waals surface area contributed by atoms with Crippen LogP contribution in [-0.2, 0) is 17.8 Å². The first kappa shape index (κ1) is 15.8. The number of carboxylic acids is 1. The van der Waals surface area contributed by atoms with Gasteiger partial charge in [0, 0.05) is 11.3 Å². The summed E-state index contributed by atoms with van der Waals surface area (Å²) in [5.74, 6) is 0.0437. The topological polar surface area (TPSA) is 92.3 Å². The number of aromatic nitrogens is 2. The summed E-state index contributed by atoms with van der Waals surface area (Å²) in [7, 11) is 0. The van der Waals surface area contributed by atoms with E-state index in [-0.39, 0.29) is 18.6 Å². The molecule has 0 aliphatic rings. The van der Waals surface area contributed by atoms with Crippen molar-refractivity contribution >= 4 is 5.97 Å². The van der Waals surface area contributed by atoms with Gasteiger partial charge in [-0.25, -0.2) is 4.98 Å². The standard InChI is InChI=1S/C16H18N2O4/c1-9-5-4-6-13(10(9)2)22-8-14-17-11(3)12(7-15(19)20)16(21)18-14/h4-6H,7-8H2,1-3H3,(H,19,20)(H,17,18,21). The molecule has 22 heavy (non-hydrogen) atoms. The summed E-state index contributed by atoms with van der Waals surface area (Å²) < 4.78 is 5.69. The fraction of sp³-hybridized carbons (Fsp3) is 0.312. The summed E-state index contributed by atoms with van der Waals surface area (Å²) in [6, 6.07) is 5.74. The number of aryl methyl sites for hydroxylation is 2. The van der Waals surface area contributed by atoms with Crippen LogP contribution in [0.25, 0.3) is 0 Å². The van der Waals surface area contributed by atoms with E-state index in [1.807, 2.05) is 32.0 Å². The van der Waals surface area contributed by atoms with Gasteiger partial charge in [-0.1, -0.05) is 12.1 Å². The quantitative estimate of drug-likeness (QED) is 0.880. The number of H-pyrrole nitrogens is 1. The molecule has 0 saturated heterocycles. The van der Waals surface area contributed by atoms with Crippen LogP contribution in [0.3, 0.4) is 0 Å². The molecular weight excluding hydrogens is 284 g/mol. The van der Waals surface area contributed by atoms with Gasteiger partial charge < -0.3 is 14.8 Å². The van der Waals surface area contributed by atoms with Gasteiger partial charge in [0.05, 0.1) is 6.42 Å². The third-order valence-electron chi connectivity index (χ3n) is 3.52. The van der Waals surface area contributed by atoms with Gasteiger partial charge in [-0.05, 0) is 38.0 Å². The van der Waals surface area contributed by atoms with Crippen molar-refractivity contribution in [2.24, 2.45) is 0 Å². The first-order valence-corrected chi connectivity index (χ1v) is 6.88. The molecule has 0 atom stereocenters. The van der Waals surface area contributed by atoms with E-state index < -0.39 is 11.5 Å². The number of hydrogen-bond donors (Lipinski definition) is 2. The van der Waals surface area contributed by atoms with Crippen LogP contribution in [0, 0.1) is 20.8 Å². The lowest BCUT2D eigenvalue weighted by Gasteiger charge is -2.11. The molecular formula is C16H18N2O4. The second-order valence-corrected chi connectivity index (χ2v) is 5.13. The molecule has 0 radical (unpaired) electrons. The maximum Gasteiger partial charge on any atom is 0.308 e. The zero-order chi connectivity index (χ0) is 16.3. The summed E-state index contributed by atoms with van der Waals surface area (Å²) in [4.78, 5) is 29.4. The van der Waals surface area contributed by atoms with Crippen molar-refractivity contribution < 1.29 is 14.6 Å². The van der Waals surface area contributed by atoms with Crippen LogP contribution in [0.5, 0.6) is 5.75 Å². The Bertz CT molecular complexity index is 765. The van der Waals surface area contributed by atoms with Crippen LogP contribution in [0.4, 0.5) is 0 Å². The number of rotatable bonds is 5. The maximum atomic E-state index is 11.9. The van der Waals surface area contributed by atoms with Crippen molar-refractivity contribution in [3.63, 3.8) is 0 Å². The number of aromatic amines is 1. The fourth-order valence-electron chi connectivity index (χ4n) is 2.12. The Morgan fingerprint density at radius 3 is 2.68 bits per heavy atom. The second-order valence-electron chi connectivity index (χ2n) is 5.13. The van der Waals surface area contributed by atoms with Crippen LogP contribution in [0.15, 0.2) is 23.0 Å². The Morgan fingerprint density at radius 1 is 1.32 bits per heavy atom. The lowest BCUT2D eigenvalue weighted by molar-refractivity contribution is -0.136. The molecule has 116 valence electrons. The molecule has 1 aromatic heterocycles. The van der Waals surface area contributed by atoms with Crippen molar-refractivity contribution in [1.82, 2.24) is 9.97 Å². The monoisotopic (exact) mass is 302 g/mol. The van der Waals surface area contributed by atoms with Gasteiger partial charge in [0.25, 0.3) is 5.56 Å². The number of hydrogen-bond acceptors (Lipinski definition) is 4. The van der Waals surface area contributed by atoms with Gasteiger partial charge in [-0.2, -0.15) is 0 Å². The molecule has 0 fully saturated rings. The van der Waals surface area contributed by atoms with Crippen molar-refractivity contribution in [2.45, 2.75) is 33.8 Å². The summed E-state index contributed by atoms with van der Waals surface area (Å²) in [6.07, 6.45) is -0.341. The largest absolute Gasteiger partial charge is 0.485 e. The minimum Gasteiger partial charge on any atom is -0.485 e. The zero-order valence-electron chi connectivity index (χ0n) is 12.8. The normalized spacial score (nSPS) is 10.5. The van der Waals surface area contributed by atoms with Crippen LogP contribution in [0.1, 0.15) is 28.2 Å². The molecule has 2 aromatic rings. The Hall–Kier alpha value is -2.63. The highest BCUT2D eigenvalue weighted by molar-refractivity contribution is 5.70. The van der Waals surface area contributed by atoms with Crippen LogP contribution >= 0.6 is 0 Å². The third-order valence-corrected chi connectivity index (χ3v) is 3.52. The summed E-state index contributed by atoms with van der Waals surface area (Å²) >= 11 is 0. The molecule has 0 spiro atoms. The van der Waals surface area contributed by atoms with Crippen molar-refractivity contribution in [3.05, 3.63) is 56.8 Å². The molecule has 0 aliphatic carbocycles. The number of ether oxygens (including phenoxy) is 1. The summed E-state index contributed by atoms with van der Waals surface area (Å²) in [5, 5.41) is 8.79. The first-order valence-electron chi connectivity index (χ1n) is 6.88. The van der Waals surface area contributed by atoms with E-state index in [4.69, 9.17) is 9.84 Å². The number of carboxylic acid groups (broad SMARTS) is 1. The Balaban J connectivity index is 2.19. The lowest BCUT2D eigenvalue weighted by Crippen LogP contribution is -2.22. The first-order chi connectivity index (χ1) is 10.4. The van der Waals surface area contributed by atoms with E-state index in [1.165, 1.54) is 0 Å². The van der Waals surface area contributed by atoms with Gasteiger partial charge in [0.1, 0.15) is 18.2 Å². The Kier molecular flexibility index (Phi) is 4.60. The Morgan fingerprint density at radius 2 is 2.05 bits per heavy atom.